The lowest BCUT2D eigenvalue weighted by Gasteiger charge is -2.11. The highest BCUT2D eigenvalue weighted by molar-refractivity contribution is 8.18. The maximum absolute atomic E-state index is 12.5. The summed E-state index contributed by atoms with van der Waals surface area (Å²) in [5, 5.41) is 0.753. The Labute approximate surface area is 135 Å². The minimum Gasteiger partial charge on any atom is -0.497 e. The average molecular weight is 320 g/mol. The highest BCUT2D eigenvalue weighted by Crippen LogP contribution is 2.35. The molecule has 0 saturated carbocycles. The maximum Gasteiger partial charge on any atom is 0.266 e. The van der Waals surface area contributed by atoms with Crippen molar-refractivity contribution in [1.29, 1.82) is 0 Å². The molecule has 118 valence electrons. The van der Waals surface area contributed by atoms with Gasteiger partial charge in [0.1, 0.15) is 11.5 Å². The summed E-state index contributed by atoms with van der Waals surface area (Å²) in [7, 11) is 3.22. The Balaban J connectivity index is 2.41. The molecular weight excluding hydrogens is 300 g/mol. The molecule has 1 heterocycles. The average Bonchev–Trinajstić information content (AvgIpc) is 2.82. The first-order valence-electron chi connectivity index (χ1n) is 7.12. The van der Waals surface area contributed by atoms with Crippen molar-refractivity contribution in [2.24, 2.45) is 4.99 Å². The Morgan fingerprint density at radius 1 is 1.27 bits per heavy atom. The molecule has 1 aromatic carbocycles. The van der Waals surface area contributed by atoms with Crippen LogP contribution >= 0.6 is 11.8 Å². The SMILES string of the molecule is CCN=C1S/C(=C/c2cc(OC)ccc2OC)C(=O)N1CC. The van der Waals surface area contributed by atoms with E-state index < -0.39 is 0 Å². The fourth-order valence-corrected chi connectivity index (χ4v) is 3.23. The van der Waals surface area contributed by atoms with Gasteiger partial charge in [-0.05, 0) is 49.9 Å². The number of benzene rings is 1. The zero-order chi connectivity index (χ0) is 16.1. The molecule has 1 amide bonds. The normalized spacial score (nSPS) is 18.4. The first-order chi connectivity index (χ1) is 10.6. The van der Waals surface area contributed by atoms with Crippen LogP contribution in [0.25, 0.3) is 6.08 Å². The third-order valence-electron chi connectivity index (χ3n) is 3.22. The zero-order valence-corrected chi connectivity index (χ0v) is 14.1. The third kappa shape index (κ3) is 3.27. The number of amides is 1. The predicted molar refractivity (Wildman–Crippen MR) is 90.5 cm³/mol. The number of carbonyl (C=O) groups is 1. The van der Waals surface area contributed by atoms with Gasteiger partial charge in [-0.15, -0.1) is 0 Å². The van der Waals surface area contributed by atoms with Gasteiger partial charge in [-0.1, -0.05) is 0 Å². The van der Waals surface area contributed by atoms with Crippen molar-refractivity contribution in [3.8, 4) is 11.5 Å². The van der Waals surface area contributed by atoms with E-state index in [0.29, 0.717) is 23.7 Å². The predicted octanol–water partition coefficient (Wildman–Crippen LogP) is 3.02. The molecule has 6 heteroatoms. The van der Waals surface area contributed by atoms with Gasteiger partial charge in [-0.3, -0.25) is 14.7 Å². The van der Waals surface area contributed by atoms with Gasteiger partial charge >= 0.3 is 0 Å². The van der Waals surface area contributed by atoms with Crippen molar-refractivity contribution in [3.05, 3.63) is 28.7 Å². The van der Waals surface area contributed by atoms with E-state index in [-0.39, 0.29) is 5.91 Å². The number of ether oxygens (including phenoxy) is 2. The fraction of sp³-hybridized carbons (Fsp3) is 0.375. The highest BCUT2D eigenvalue weighted by Gasteiger charge is 2.32. The van der Waals surface area contributed by atoms with Crippen LogP contribution in [0.1, 0.15) is 19.4 Å². The van der Waals surface area contributed by atoms with E-state index in [0.717, 1.165) is 16.5 Å². The minimum absolute atomic E-state index is 0.0235. The smallest absolute Gasteiger partial charge is 0.266 e. The molecule has 0 radical (unpaired) electrons. The van der Waals surface area contributed by atoms with Crippen LogP contribution in [0, 0.1) is 0 Å². The first kappa shape index (κ1) is 16.4. The molecule has 0 bridgehead atoms. The van der Waals surface area contributed by atoms with E-state index in [4.69, 9.17) is 9.47 Å². The van der Waals surface area contributed by atoms with Gasteiger partial charge in [0.2, 0.25) is 0 Å². The largest absolute Gasteiger partial charge is 0.497 e. The minimum atomic E-state index is -0.0235. The van der Waals surface area contributed by atoms with E-state index in [1.54, 1.807) is 19.1 Å². The molecule has 22 heavy (non-hydrogen) atoms. The van der Waals surface area contributed by atoms with Crippen LogP contribution in [0.3, 0.4) is 0 Å². The quantitative estimate of drug-likeness (QED) is 0.783. The lowest BCUT2D eigenvalue weighted by Crippen LogP contribution is -2.28. The summed E-state index contributed by atoms with van der Waals surface area (Å²) in [5.74, 6) is 1.40. The standard InChI is InChI=1S/C16H20N2O3S/c1-5-17-16-18(6-2)15(19)14(22-16)10-11-9-12(20-3)7-8-13(11)21-4/h7-10H,5-6H2,1-4H3/b14-10+,17-16?. The molecule has 0 aliphatic carbocycles. The summed E-state index contributed by atoms with van der Waals surface area (Å²) in [6.07, 6.45) is 1.83. The summed E-state index contributed by atoms with van der Waals surface area (Å²) in [6, 6.07) is 5.51. The summed E-state index contributed by atoms with van der Waals surface area (Å²) < 4.78 is 10.6. The number of carbonyl (C=O) groups excluding carboxylic acids is 1. The summed E-state index contributed by atoms with van der Waals surface area (Å²) in [4.78, 5) is 19.2. The van der Waals surface area contributed by atoms with Gasteiger partial charge in [0, 0.05) is 18.7 Å². The van der Waals surface area contributed by atoms with Crippen LogP contribution in [-0.2, 0) is 4.79 Å². The Morgan fingerprint density at radius 3 is 2.64 bits per heavy atom. The van der Waals surface area contributed by atoms with E-state index in [9.17, 15) is 4.79 Å². The molecule has 0 N–H and O–H groups in total. The van der Waals surface area contributed by atoms with Crippen LogP contribution in [-0.4, -0.2) is 43.3 Å². The number of likely N-dealkylation sites (N-methyl/N-ethyl adjacent to an activating group) is 1. The van der Waals surface area contributed by atoms with Crippen molar-refractivity contribution >= 4 is 28.9 Å². The molecule has 0 aromatic heterocycles. The molecule has 0 atom stereocenters. The Bertz CT molecular complexity index is 626. The molecule has 0 spiro atoms. The first-order valence-corrected chi connectivity index (χ1v) is 7.94. The summed E-state index contributed by atoms with van der Waals surface area (Å²) >= 11 is 1.39. The van der Waals surface area contributed by atoms with Crippen molar-refractivity contribution in [1.82, 2.24) is 4.90 Å². The molecule has 0 unspecified atom stereocenters. The van der Waals surface area contributed by atoms with E-state index in [1.807, 2.05) is 38.1 Å². The number of hydrogen-bond donors (Lipinski definition) is 0. The fourth-order valence-electron chi connectivity index (χ4n) is 2.13. The van der Waals surface area contributed by atoms with Gasteiger partial charge in [0.25, 0.3) is 5.91 Å². The molecule has 1 saturated heterocycles. The number of rotatable bonds is 5. The zero-order valence-electron chi connectivity index (χ0n) is 13.3. The molecule has 1 aliphatic rings. The third-order valence-corrected chi connectivity index (χ3v) is 4.27. The van der Waals surface area contributed by atoms with Crippen LogP contribution in [0.4, 0.5) is 0 Å². The van der Waals surface area contributed by atoms with Crippen LogP contribution in [0.5, 0.6) is 11.5 Å². The monoisotopic (exact) mass is 320 g/mol. The molecule has 1 aromatic rings. The number of aliphatic imine (C=N–C) groups is 1. The number of thioether (sulfide) groups is 1. The molecular formula is C16H20N2O3S. The molecule has 2 rings (SSSR count). The van der Waals surface area contributed by atoms with E-state index in [2.05, 4.69) is 4.99 Å². The Hall–Kier alpha value is -1.95. The lowest BCUT2D eigenvalue weighted by molar-refractivity contribution is -0.122. The van der Waals surface area contributed by atoms with Crippen molar-refractivity contribution in [2.75, 3.05) is 27.3 Å². The maximum atomic E-state index is 12.5. The lowest BCUT2D eigenvalue weighted by atomic mass is 10.1. The Morgan fingerprint density at radius 2 is 2.05 bits per heavy atom. The van der Waals surface area contributed by atoms with Crippen LogP contribution < -0.4 is 9.47 Å². The molecule has 1 fully saturated rings. The second kappa shape index (κ2) is 7.35. The number of methoxy groups -OCH3 is 2. The van der Waals surface area contributed by atoms with Crippen LogP contribution in [0.15, 0.2) is 28.1 Å². The summed E-state index contributed by atoms with van der Waals surface area (Å²) in [5.41, 5.74) is 0.812. The van der Waals surface area contributed by atoms with E-state index in [1.165, 1.54) is 11.8 Å². The van der Waals surface area contributed by atoms with Gasteiger partial charge in [-0.25, -0.2) is 0 Å². The number of nitrogens with zero attached hydrogens (tertiary/aromatic N) is 2. The number of amidine groups is 1. The van der Waals surface area contributed by atoms with Gasteiger partial charge < -0.3 is 9.47 Å². The van der Waals surface area contributed by atoms with Crippen LogP contribution in [0.2, 0.25) is 0 Å². The van der Waals surface area contributed by atoms with Crippen molar-refractivity contribution in [2.45, 2.75) is 13.8 Å². The van der Waals surface area contributed by atoms with Gasteiger partial charge in [-0.2, -0.15) is 0 Å². The molecule has 5 nitrogen and oxygen atoms in total. The Kier molecular flexibility index (Phi) is 5.49. The van der Waals surface area contributed by atoms with E-state index >= 15 is 0 Å². The van der Waals surface area contributed by atoms with Gasteiger partial charge in [0.05, 0.1) is 19.1 Å². The molecule has 1 aliphatic heterocycles. The second-order valence-corrected chi connectivity index (χ2v) is 5.53. The van der Waals surface area contributed by atoms with Crippen molar-refractivity contribution < 1.29 is 14.3 Å². The second-order valence-electron chi connectivity index (χ2n) is 4.52. The summed E-state index contributed by atoms with van der Waals surface area (Å²) in [6.45, 7) is 5.16. The topological polar surface area (TPSA) is 51.1 Å². The van der Waals surface area contributed by atoms with Gasteiger partial charge in [0.15, 0.2) is 5.17 Å². The number of hydrogen-bond acceptors (Lipinski definition) is 5. The van der Waals surface area contributed by atoms with Crippen molar-refractivity contribution in [3.63, 3.8) is 0 Å². The highest BCUT2D eigenvalue weighted by atomic mass is 32.2.